The summed E-state index contributed by atoms with van der Waals surface area (Å²) in [6.07, 6.45) is 3.58. The normalized spacial score (nSPS) is 15.5. The zero-order chi connectivity index (χ0) is 19.8. The lowest BCUT2D eigenvalue weighted by atomic mass is 10.2. The molecule has 7 nitrogen and oxygen atoms in total. The Morgan fingerprint density at radius 1 is 1.21 bits per heavy atom. The minimum absolute atomic E-state index is 0.113. The number of thiophene rings is 1. The SMILES string of the molecule is O=C1CN(Cc2cc(-c3ccc(Cl)s3)on2)CCN1Cc1cc2cnccc2[nH]1. The van der Waals surface area contributed by atoms with Crippen LogP contribution in [0.5, 0.6) is 0 Å². The second kappa shape index (κ2) is 7.62. The van der Waals surface area contributed by atoms with Crippen molar-refractivity contribution in [1.29, 1.82) is 0 Å². The highest BCUT2D eigenvalue weighted by molar-refractivity contribution is 7.19. The minimum Gasteiger partial charge on any atom is -0.357 e. The van der Waals surface area contributed by atoms with Crippen LogP contribution in [0.25, 0.3) is 21.5 Å². The average Bonchev–Trinajstić information content (AvgIpc) is 3.43. The molecule has 148 valence electrons. The lowest BCUT2D eigenvalue weighted by molar-refractivity contribution is -0.137. The summed E-state index contributed by atoms with van der Waals surface area (Å²) < 4.78 is 6.15. The molecule has 5 rings (SSSR count). The number of carbonyl (C=O) groups is 1. The van der Waals surface area contributed by atoms with E-state index in [2.05, 4.69) is 26.1 Å². The van der Waals surface area contributed by atoms with Crippen LogP contribution >= 0.6 is 22.9 Å². The van der Waals surface area contributed by atoms with E-state index in [1.807, 2.05) is 35.4 Å². The van der Waals surface area contributed by atoms with Gasteiger partial charge in [-0.25, -0.2) is 0 Å². The molecule has 1 aliphatic heterocycles. The van der Waals surface area contributed by atoms with E-state index in [-0.39, 0.29) is 5.91 Å². The van der Waals surface area contributed by atoms with E-state index in [1.54, 1.807) is 6.20 Å². The lowest BCUT2D eigenvalue weighted by Crippen LogP contribution is -2.49. The van der Waals surface area contributed by atoms with E-state index in [9.17, 15) is 4.79 Å². The van der Waals surface area contributed by atoms with Crippen LogP contribution in [0.3, 0.4) is 0 Å². The quantitative estimate of drug-likeness (QED) is 0.524. The number of fused-ring (bicyclic) bond motifs is 1. The third kappa shape index (κ3) is 3.91. The smallest absolute Gasteiger partial charge is 0.237 e. The number of carbonyl (C=O) groups excluding carboxylic acids is 1. The molecule has 1 fully saturated rings. The lowest BCUT2D eigenvalue weighted by Gasteiger charge is -2.33. The second-order valence-corrected chi connectivity index (χ2v) is 8.78. The molecular weight excluding hydrogens is 410 g/mol. The third-order valence-corrected chi connectivity index (χ3v) is 6.24. The Labute approximate surface area is 175 Å². The number of hydrogen-bond donors (Lipinski definition) is 1. The van der Waals surface area contributed by atoms with E-state index in [1.165, 1.54) is 11.3 Å². The monoisotopic (exact) mass is 427 g/mol. The Balaban J connectivity index is 1.20. The van der Waals surface area contributed by atoms with Crippen molar-refractivity contribution >= 4 is 39.7 Å². The van der Waals surface area contributed by atoms with Crippen LogP contribution < -0.4 is 0 Å². The first kappa shape index (κ1) is 18.4. The van der Waals surface area contributed by atoms with Crippen LogP contribution in [-0.4, -0.2) is 50.5 Å². The molecular formula is C20H18ClN5O2S. The first-order valence-corrected chi connectivity index (χ1v) is 10.5. The first-order valence-electron chi connectivity index (χ1n) is 9.27. The molecule has 0 bridgehead atoms. The van der Waals surface area contributed by atoms with Crippen LogP contribution in [-0.2, 0) is 17.9 Å². The summed E-state index contributed by atoms with van der Waals surface area (Å²) in [4.78, 5) is 25.1. The summed E-state index contributed by atoms with van der Waals surface area (Å²) in [6, 6.07) is 9.66. The Hall–Kier alpha value is -2.68. The third-order valence-electron chi connectivity index (χ3n) is 5.00. The van der Waals surface area contributed by atoms with Gasteiger partial charge >= 0.3 is 0 Å². The van der Waals surface area contributed by atoms with Crippen LogP contribution in [0.1, 0.15) is 11.4 Å². The topological polar surface area (TPSA) is 78.3 Å². The number of H-pyrrole nitrogens is 1. The fourth-order valence-electron chi connectivity index (χ4n) is 3.56. The van der Waals surface area contributed by atoms with E-state index in [0.29, 0.717) is 36.3 Å². The molecule has 9 heteroatoms. The van der Waals surface area contributed by atoms with Crippen molar-refractivity contribution in [3.63, 3.8) is 0 Å². The number of aromatic amines is 1. The largest absolute Gasteiger partial charge is 0.357 e. The van der Waals surface area contributed by atoms with Gasteiger partial charge in [0, 0.05) is 54.7 Å². The Kier molecular flexibility index (Phi) is 4.83. The molecule has 0 radical (unpaired) electrons. The van der Waals surface area contributed by atoms with Crippen molar-refractivity contribution in [2.75, 3.05) is 19.6 Å². The molecule has 0 aliphatic carbocycles. The van der Waals surface area contributed by atoms with Crippen molar-refractivity contribution in [1.82, 2.24) is 24.9 Å². The van der Waals surface area contributed by atoms with Gasteiger partial charge in [-0.3, -0.25) is 14.7 Å². The van der Waals surface area contributed by atoms with Gasteiger partial charge in [-0.1, -0.05) is 16.8 Å². The fraction of sp³-hybridized carbons (Fsp3) is 0.250. The van der Waals surface area contributed by atoms with Crippen LogP contribution in [0, 0.1) is 0 Å². The van der Waals surface area contributed by atoms with E-state index >= 15 is 0 Å². The van der Waals surface area contributed by atoms with Gasteiger partial charge in [-0.05, 0) is 24.3 Å². The van der Waals surface area contributed by atoms with E-state index in [0.717, 1.165) is 33.7 Å². The number of pyridine rings is 1. The number of hydrogen-bond acceptors (Lipinski definition) is 6. The molecule has 29 heavy (non-hydrogen) atoms. The predicted molar refractivity (Wildman–Crippen MR) is 112 cm³/mol. The molecule has 5 heterocycles. The molecule has 4 aromatic rings. The first-order chi connectivity index (χ1) is 14.1. The molecule has 0 aromatic carbocycles. The number of rotatable bonds is 5. The van der Waals surface area contributed by atoms with Gasteiger partial charge in [0.25, 0.3) is 0 Å². The number of aromatic nitrogens is 3. The Bertz CT molecular complexity index is 1130. The van der Waals surface area contributed by atoms with Gasteiger partial charge in [0.1, 0.15) is 0 Å². The highest BCUT2D eigenvalue weighted by atomic mass is 35.5. The van der Waals surface area contributed by atoms with Crippen molar-refractivity contribution in [2.24, 2.45) is 0 Å². The summed E-state index contributed by atoms with van der Waals surface area (Å²) in [5, 5.41) is 5.20. The molecule has 0 atom stereocenters. The highest BCUT2D eigenvalue weighted by Gasteiger charge is 2.25. The van der Waals surface area contributed by atoms with Gasteiger partial charge in [0.2, 0.25) is 5.91 Å². The number of halogens is 1. The van der Waals surface area contributed by atoms with E-state index in [4.69, 9.17) is 16.1 Å². The highest BCUT2D eigenvalue weighted by Crippen LogP contribution is 2.31. The standard InChI is InChI=1S/C20H18ClN5O2S/c21-19-2-1-18(29-19)17-8-15(24-28-17)10-25-5-6-26(20(27)12-25)11-14-7-13-9-22-4-3-16(13)23-14/h1-4,7-9,23H,5-6,10-12H2. The summed E-state index contributed by atoms with van der Waals surface area (Å²) in [5.74, 6) is 0.817. The van der Waals surface area contributed by atoms with Gasteiger partial charge in [0.15, 0.2) is 5.76 Å². The van der Waals surface area contributed by atoms with Crippen molar-refractivity contribution in [3.8, 4) is 10.6 Å². The average molecular weight is 428 g/mol. The van der Waals surface area contributed by atoms with Crippen LogP contribution in [0.4, 0.5) is 0 Å². The molecule has 0 spiro atoms. The minimum atomic E-state index is 0.113. The summed E-state index contributed by atoms with van der Waals surface area (Å²) in [7, 11) is 0. The summed E-state index contributed by atoms with van der Waals surface area (Å²) in [5.41, 5.74) is 2.87. The zero-order valence-corrected chi connectivity index (χ0v) is 17.0. The van der Waals surface area contributed by atoms with Crippen molar-refractivity contribution in [2.45, 2.75) is 13.1 Å². The number of nitrogens with zero attached hydrogens (tertiary/aromatic N) is 4. The molecule has 1 saturated heterocycles. The number of amides is 1. The van der Waals surface area contributed by atoms with Crippen LogP contribution in [0.15, 0.2) is 47.2 Å². The van der Waals surface area contributed by atoms with Gasteiger partial charge in [-0.15, -0.1) is 11.3 Å². The van der Waals surface area contributed by atoms with Crippen LogP contribution in [0.2, 0.25) is 4.34 Å². The molecule has 0 unspecified atom stereocenters. The van der Waals surface area contributed by atoms with Gasteiger partial charge in [-0.2, -0.15) is 0 Å². The predicted octanol–water partition coefficient (Wildman–Crippen LogP) is 3.78. The summed E-state index contributed by atoms with van der Waals surface area (Å²) >= 11 is 7.44. The van der Waals surface area contributed by atoms with Crippen molar-refractivity contribution < 1.29 is 9.32 Å². The fourth-order valence-corrected chi connectivity index (χ4v) is 4.55. The second-order valence-electron chi connectivity index (χ2n) is 7.07. The van der Waals surface area contributed by atoms with Crippen molar-refractivity contribution in [3.05, 3.63) is 58.4 Å². The Morgan fingerprint density at radius 3 is 2.93 bits per heavy atom. The summed E-state index contributed by atoms with van der Waals surface area (Å²) in [6.45, 7) is 3.00. The molecule has 4 aromatic heterocycles. The maximum Gasteiger partial charge on any atom is 0.237 e. The zero-order valence-electron chi connectivity index (χ0n) is 15.5. The number of nitrogens with one attached hydrogen (secondary N) is 1. The molecule has 0 saturated carbocycles. The van der Waals surface area contributed by atoms with Gasteiger partial charge < -0.3 is 14.4 Å². The number of piperazine rings is 1. The maximum absolute atomic E-state index is 12.6. The maximum atomic E-state index is 12.6. The molecule has 1 N–H and O–H groups in total. The Morgan fingerprint density at radius 2 is 2.14 bits per heavy atom. The molecule has 1 aliphatic rings. The van der Waals surface area contributed by atoms with Gasteiger partial charge in [0.05, 0.1) is 28.0 Å². The molecule has 1 amide bonds. The van der Waals surface area contributed by atoms with E-state index < -0.39 is 0 Å².